The van der Waals surface area contributed by atoms with Crippen LogP contribution in [0.1, 0.15) is 70.6 Å². The zero-order valence-electron chi connectivity index (χ0n) is 25.8. The quantitative estimate of drug-likeness (QED) is 0.236. The third-order valence-corrected chi connectivity index (χ3v) is 9.51. The topological polar surface area (TPSA) is 86.8 Å². The fourth-order valence-electron chi connectivity index (χ4n) is 4.62. The zero-order valence-corrected chi connectivity index (χ0v) is 28.1. The van der Waals surface area contributed by atoms with E-state index in [9.17, 15) is 18.0 Å². The first kappa shape index (κ1) is 34.4. The van der Waals surface area contributed by atoms with E-state index in [1.165, 1.54) is 17.0 Å². The molecule has 0 aliphatic carbocycles. The van der Waals surface area contributed by atoms with Crippen molar-refractivity contribution in [1.29, 1.82) is 0 Å². The van der Waals surface area contributed by atoms with Crippen molar-refractivity contribution in [2.45, 2.75) is 83.8 Å². The van der Waals surface area contributed by atoms with Gasteiger partial charge in [-0.05, 0) is 82.0 Å². The summed E-state index contributed by atoms with van der Waals surface area (Å²) in [4.78, 5) is 29.2. The van der Waals surface area contributed by atoms with E-state index in [2.05, 4.69) is 5.32 Å². The van der Waals surface area contributed by atoms with Crippen molar-refractivity contribution in [3.05, 3.63) is 93.5 Å². The van der Waals surface area contributed by atoms with Crippen LogP contribution in [0.2, 0.25) is 10.0 Å². The van der Waals surface area contributed by atoms with Crippen LogP contribution in [0.15, 0.2) is 71.6 Å². The number of hydrogen-bond donors (Lipinski definition) is 1. The number of carbonyl (C=O) groups excluding carboxylic acids is 2. The maximum Gasteiger partial charge on any atom is 0.264 e. The summed E-state index contributed by atoms with van der Waals surface area (Å²) in [6.45, 7) is 12.7. The van der Waals surface area contributed by atoms with E-state index < -0.39 is 34.1 Å². The molecule has 0 saturated carbocycles. The lowest BCUT2D eigenvalue weighted by molar-refractivity contribution is -0.141. The average molecular weight is 647 g/mol. The van der Waals surface area contributed by atoms with Gasteiger partial charge in [0, 0.05) is 27.7 Å². The fourth-order valence-corrected chi connectivity index (χ4v) is 6.55. The largest absolute Gasteiger partial charge is 0.350 e. The highest BCUT2D eigenvalue weighted by Gasteiger charge is 2.35. The molecule has 232 valence electrons. The maximum atomic E-state index is 14.3. The van der Waals surface area contributed by atoms with Gasteiger partial charge in [0.1, 0.15) is 12.6 Å². The standard InChI is InChI=1S/C33H41Cl2N3O4S/c1-8-30(32(40)36-33(5,6)7)37(20-27-28(34)10-9-11-29(27)35)31(39)21-38(25-16-14-24(15-17-25)22(2)3)43(41,42)26-18-12-23(4)13-19-26/h9-19,22,30H,8,20-21H2,1-7H3,(H,36,40). The zero-order chi connectivity index (χ0) is 32.1. The van der Waals surface area contributed by atoms with Gasteiger partial charge in [-0.25, -0.2) is 8.42 Å². The van der Waals surface area contributed by atoms with Gasteiger partial charge in [0.05, 0.1) is 10.6 Å². The molecule has 0 heterocycles. The van der Waals surface area contributed by atoms with Crippen LogP contribution in [-0.2, 0) is 26.2 Å². The molecule has 0 aliphatic heterocycles. The Morgan fingerprint density at radius 1 is 0.907 bits per heavy atom. The molecule has 3 aromatic carbocycles. The van der Waals surface area contributed by atoms with Gasteiger partial charge in [-0.15, -0.1) is 0 Å². The summed E-state index contributed by atoms with van der Waals surface area (Å²) in [7, 11) is -4.17. The number of halogens is 2. The monoisotopic (exact) mass is 645 g/mol. The summed E-state index contributed by atoms with van der Waals surface area (Å²) in [5.41, 5.74) is 2.18. The molecule has 0 aliphatic rings. The van der Waals surface area contributed by atoms with Gasteiger partial charge >= 0.3 is 0 Å². The molecule has 0 fully saturated rings. The van der Waals surface area contributed by atoms with Crippen LogP contribution < -0.4 is 9.62 Å². The fraction of sp³-hybridized carbons (Fsp3) is 0.394. The summed E-state index contributed by atoms with van der Waals surface area (Å²) in [6.07, 6.45) is 0.281. The summed E-state index contributed by atoms with van der Waals surface area (Å²) in [6, 6.07) is 17.7. The van der Waals surface area contributed by atoms with Crippen molar-refractivity contribution in [3.8, 4) is 0 Å². The number of anilines is 1. The highest BCUT2D eigenvalue weighted by Crippen LogP contribution is 2.29. The first-order valence-corrected chi connectivity index (χ1v) is 16.5. The second-order valence-corrected chi connectivity index (χ2v) is 14.6. The van der Waals surface area contributed by atoms with Crippen molar-refractivity contribution >= 4 is 50.7 Å². The van der Waals surface area contributed by atoms with Gasteiger partial charge in [0.25, 0.3) is 10.0 Å². The predicted molar refractivity (Wildman–Crippen MR) is 175 cm³/mol. The predicted octanol–water partition coefficient (Wildman–Crippen LogP) is 7.34. The van der Waals surface area contributed by atoms with E-state index in [4.69, 9.17) is 23.2 Å². The first-order valence-electron chi connectivity index (χ1n) is 14.3. The second-order valence-electron chi connectivity index (χ2n) is 12.0. The molecule has 43 heavy (non-hydrogen) atoms. The molecule has 0 radical (unpaired) electrons. The van der Waals surface area contributed by atoms with Crippen molar-refractivity contribution in [3.63, 3.8) is 0 Å². The van der Waals surface area contributed by atoms with Crippen LogP contribution in [0, 0.1) is 6.92 Å². The third-order valence-electron chi connectivity index (χ3n) is 7.01. The molecule has 2 amide bonds. The SMILES string of the molecule is CCC(C(=O)NC(C)(C)C)N(Cc1c(Cl)cccc1Cl)C(=O)CN(c1ccc(C(C)C)cc1)S(=O)(=O)c1ccc(C)cc1. The van der Waals surface area contributed by atoms with Crippen LogP contribution in [0.4, 0.5) is 5.69 Å². The number of benzene rings is 3. The Hall–Kier alpha value is -3.07. The van der Waals surface area contributed by atoms with Crippen LogP contribution >= 0.6 is 23.2 Å². The minimum absolute atomic E-state index is 0.0528. The number of rotatable bonds is 11. The van der Waals surface area contributed by atoms with Crippen LogP contribution in [0.25, 0.3) is 0 Å². The molecular formula is C33H41Cl2N3O4S. The minimum atomic E-state index is -4.17. The molecule has 1 unspecified atom stereocenters. The van der Waals surface area contributed by atoms with Gasteiger partial charge in [0.15, 0.2) is 0 Å². The van der Waals surface area contributed by atoms with Crippen LogP contribution in [-0.4, -0.2) is 43.3 Å². The molecule has 0 bridgehead atoms. The Kier molecular flexibility index (Phi) is 11.3. The molecular weight excluding hydrogens is 605 g/mol. The van der Waals surface area contributed by atoms with Crippen molar-refractivity contribution in [2.24, 2.45) is 0 Å². The normalized spacial score (nSPS) is 12.6. The van der Waals surface area contributed by atoms with E-state index >= 15 is 0 Å². The molecule has 0 saturated heterocycles. The maximum absolute atomic E-state index is 14.3. The Bertz CT molecular complexity index is 1510. The molecule has 1 atom stereocenters. The highest BCUT2D eigenvalue weighted by atomic mass is 35.5. The molecule has 7 nitrogen and oxygen atoms in total. The number of carbonyl (C=O) groups is 2. The summed E-state index contributed by atoms with van der Waals surface area (Å²) in [5.74, 6) is -0.698. The number of amides is 2. The Morgan fingerprint density at radius 2 is 1.47 bits per heavy atom. The Labute approximate surface area is 266 Å². The molecule has 1 N–H and O–H groups in total. The van der Waals surface area contributed by atoms with Gasteiger partial charge in [-0.1, -0.05) is 79.9 Å². The van der Waals surface area contributed by atoms with E-state index in [1.807, 2.05) is 53.7 Å². The van der Waals surface area contributed by atoms with Crippen molar-refractivity contribution in [1.82, 2.24) is 10.2 Å². The van der Waals surface area contributed by atoms with Gasteiger partial charge in [-0.2, -0.15) is 0 Å². The summed E-state index contributed by atoms with van der Waals surface area (Å²) < 4.78 is 29.3. The lowest BCUT2D eigenvalue weighted by Crippen LogP contribution is -2.55. The van der Waals surface area contributed by atoms with E-state index in [1.54, 1.807) is 49.4 Å². The lowest BCUT2D eigenvalue weighted by atomic mass is 10.0. The number of sulfonamides is 1. The lowest BCUT2D eigenvalue weighted by Gasteiger charge is -2.35. The van der Waals surface area contributed by atoms with Crippen molar-refractivity contribution < 1.29 is 18.0 Å². The van der Waals surface area contributed by atoms with E-state index in [0.717, 1.165) is 15.4 Å². The summed E-state index contributed by atoms with van der Waals surface area (Å²) in [5, 5.41) is 3.63. The molecule has 10 heteroatoms. The van der Waals surface area contributed by atoms with Gasteiger partial charge in [0.2, 0.25) is 11.8 Å². The average Bonchev–Trinajstić information content (AvgIpc) is 2.92. The van der Waals surface area contributed by atoms with Gasteiger partial charge < -0.3 is 10.2 Å². The third kappa shape index (κ3) is 8.74. The van der Waals surface area contributed by atoms with Crippen LogP contribution in [0.5, 0.6) is 0 Å². The number of hydrogen-bond acceptors (Lipinski definition) is 4. The Balaban J connectivity index is 2.13. The summed E-state index contributed by atoms with van der Waals surface area (Å²) >= 11 is 13.0. The molecule has 3 rings (SSSR count). The Morgan fingerprint density at radius 3 is 1.95 bits per heavy atom. The highest BCUT2D eigenvalue weighted by molar-refractivity contribution is 7.92. The number of aryl methyl sites for hydroxylation is 1. The second kappa shape index (κ2) is 14.1. The molecule has 3 aromatic rings. The van der Waals surface area contributed by atoms with E-state index in [0.29, 0.717) is 21.3 Å². The molecule has 0 spiro atoms. The molecule has 0 aromatic heterocycles. The van der Waals surface area contributed by atoms with Crippen LogP contribution in [0.3, 0.4) is 0 Å². The number of nitrogens with one attached hydrogen (secondary N) is 1. The minimum Gasteiger partial charge on any atom is -0.350 e. The van der Waals surface area contributed by atoms with Gasteiger partial charge in [-0.3, -0.25) is 13.9 Å². The number of nitrogens with zero attached hydrogens (tertiary/aromatic N) is 2. The smallest absolute Gasteiger partial charge is 0.264 e. The van der Waals surface area contributed by atoms with E-state index in [-0.39, 0.29) is 29.7 Å². The first-order chi connectivity index (χ1) is 20.0. The van der Waals surface area contributed by atoms with Crippen molar-refractivity contribution in [2.75, 3.05) is 10.8 Å².